The average molecular weight is 434 g/mol. The summed E-state index contributed by atoms with van der Waals surface area (Å²) in [6, 6.07) is 17.0. The van der Waals surface area contributed by atoms with Gasteiger partial charge in [0.1, 0.15) is 12.4 Å². The van der Waals surface area contributed by atoms with Gasteiger partial charge in [-0.1, -0.05) is 24.6 Å². The van der Waals surface area contributed by atoms with Crippen molar-refractivity contribution in [3.05, 3.63) is 71.4 Å². The summed E-state index contributed by atoms with van der Waals surface area (Å²) in [5.41, 5.74) is 5.16. The standard InChI is InChI=1S/C25H27N3O4/c1-16-13-19(21-6-2-3-7-23(21)26-16)15-32-20-11-9-17(10-12-20)25(30)27-22-8-4-5-18(22)14-24(29)28-31/h2-3,6-7,9-13,18,22,31H,4-5,8,14-15H2,1H3,(H,27,30)(H,28,29)/t18-,22+/m1/s1. The van der Waals surface area contributed by atoms with Crippen molar-refractivity contribution in [1.82, 2.24) is 15.8 Å². The molecular weight excluding hydrogens is 406 g/mol. The zero-order chi connectivity index (χ0) is 22.5. The normalized spacial score (nSPS) is 17.8. The van der Waals surface area contributed by atoms with Crippen molar-refractivity contribution in [2.45, 2.75) is 45.3 Å². The van der Waals surface area contributed by atoms with Crippen molar-refractivity contribution in [3.8, 4) is 5.75 Å². The summed E-state index contributed by atoms with van der Waals surface area (Å²) in [7, 11) is 0. The van der Waals surface area contributed by atoms with E-state index in [0.29, 0.717) is 17.9 Å². The van der Waals surface area contributed by atoms with Crippen LogP contribution in [0.5, 0.6) is 5.75 Å². The smallest absolute Gasteiger partial charge is 0.251 e. The Labute approximate surface area is 186 Å². The number of ether oxygens (including phenoxy) is 1. The molecule has 2 amide bonds. The second-order valence-corrected chi connectivity index (χ2v) is 8.26. The summed E-state index contributed by atoms with van der Waals surface area (Å²) in [6.07, 6.45) is 2.84. The van der Waals surface area contributed by atoms with Gasteiger partial charge in [-0.3, -0.25) is 19.8 Å². The molecule has 7 nitrogen and oxygen atoms in total. The number of para-hydroxylation sites is 1. The topological polar surface area (TPSA) is 101 Å². The van der Waals surface area contributed by atoms with E-state index in [1.807, 2.05) is 37.3 Å². The van der Waals surface area contributed by atoms with E-state index in [1.165, 1.54) is 0 Å². The van der Waals surface area contributed by atoms with Crippen LogP contribution >= 0.6 is 0 Å². The minimum atomic E-state index is -0.421. The van der Waals surface area contributed by atoms with Gasteiger partial charge in [-0.25, -0.2) is 5.48 Å². The van der Waals surface area contributed by atoms with Crippen LogP contribution in [0.4, 0.5) is 0 Å². The molecule has 1 aliphatic rings. The first-order chi connectivity index (χ1) is 15.5. The molecule has 1 aliphatic carbocycles. The lowest BCUT2D eigenvalue weighted by Gasteiger charge is -2.20. The van der Waals surface area contributed by atoms with Crippen molar-refractivity contribution in [2.75, 3.05) is 0 Å². The summed E-state index contributed by atoms with van der Waals surface area (Å²) in [4.78, 5) is 28.7. The molecular formula is C25H27N3O4. The Balaban J connectivity index is 1.37. The molecule has 0 radical (unpaired) electrons. The maximum atomic E-state index is 12.7. The van der Waals surface area contributed by atoms with E-state index >= 15 is 0 Å². The number of fused-ring (bicyclic) bond motifs is 1. The van der Waals surface area contributed by atoms with E-state index in [2.05, 4.69) is 10.3 Å². The van der Waals surface area contributed by atoms with Gasteiger partial charge in [0, 0.05) is 34.7 Å². The van der Waals surface area contributed by atoms with E-state index < -0.39 is 5.91 Å². The third-order valence-corrected chi connectivity index (χ3v) is 5.99. The van der Waals surface area contributed by atoms with Crippen molar-refractivity contribution in [2.24, 2.45) is 5.92 Å². The average Bonchev–Trinajstić information content (AvgIpc) is 3.23. The number of aryl methyl sites for hydroxylation is 1. The molecule has 3 N–H and O–H groups in total. The number of nitrogens with zero attached hydrogens (tertiary/aromatic N) is 1. The SMILES string of the molecule is Cc1cc(COc2ccc(C(=O)N[C@H]3CCC[C@@H]3CC(=O)NO)cc2)c2ccccc2n1. The Morgan fingerprint density at radius 1 is 1.12 bits per heavy atom. The summed E-state index contributed by atoms with van der Waals surface area (Å²) < 4.78 is 5.97. The van der Waals surface area contributed by atoms with E-state index in [-0.39, 0.29) is 24.3 Å². The van der Waals surface area contributed by atoms with Crippen molar-refractivity contribution in [1.29, 1.82) is 0 Å². The molecule has 0 saturated heterocycles. The van der Waals surface area contributed by atoms with Gasteiger partial charge in [-0.2, -0.15) is 0 Å². The van der Waals surface area contributed by atoms with Gasteiger partial charge in [0.25, 0.3) is 5.91 Å². The Morgan fingerprint density at radius 2 is 1.91 bits per heavy atom. The lowest BCUT2D eigenvalue weighted by molar-refractivity contribution is -0.130. The maximum absolute atomic E-state index is 12.7. The molecule has 0 unspecified atom stereocenters. The molecule has 1 fully saturated rings. The predicted octanol–water partition coefficient (Wildman–Crippen LogP) is 3.92. The molecule has 3 aromatic rings. The first kappa shape index (κ1) is 21.8. The molecule has 0 aliphatic heterocycles. The fraction of sp³-hybridized carbons (Fsp3) is 0.320. The Bertz CT molecular complexity index is 1110. The van der Waals surface area contributed by atoms with Gasteiger partial charge in [0.15, 0.2) is 0 Å². The minimum Gasteiger partial charge on any atom is -0.489 e. The van der Waals surface area contributed by atoms with Gasteiger partial charge in [-0.15, -0.1) is 0 Å². The number of carbonyl (C=O) groups is 2. The van der Waals surface area contributed by atoms with Crippen LogP contribution in [0.1, 0.15) is 47.3 Å². The first-order valence-electron chi connectivity index (χ1n) is 10.9. The molecule has 32 heavy (non-hydrogen) atoms. The number of hydrogen-bond acceptors (Lipinski definition) is 5. The Morgan fingerprint density at radius 3 is 2.69 bits per heavy atom. The van der Waals surface area contributed by atoms with Crippen LogP contribution in [0.15, 0.2) is 54.6 Å². The first-order valence-corrected chi connectivity index (χ1v) is 10.9. The van der Waals surface area contributed by atoms with Crippen LogP contribution in [-0.4, -0.2) is 28.0 Å². The van der Waals surface area contributed by atoms with Crippen molar-refractivity contribution < 1.29 is 19.5 Å². The Hall–Kier alpha value is -3.45. The Kier molecular flexibility index (Phi) is 6.66. The van der Waals surface area contributed by atoms with E-state index in [0.717, 1.165) is 41.4 Å². The fourth-order valence-corrected chi connectivity index (χ4v) is 4.38. The highest BCUT2D eigenvalue weighted by Crippen LogP contribution is 2.29. The molecule has 1 aromatic heterocycles. The lowest BCUT2D eigenvalue weighted by Crippen LogP contribution is -2.39. The number of hydrogen-bond donors (Lipinski definition) is 3. The van der Waals surface area contributed by atoms with Crippen LogP contribution in [0, 0.1) is 12.8 Å². The summed E-state index contributed by atoms with van der Waals surface area (Å²) >= 11 is 0. The predicted molar refractivity (Wildman–Crippen MR) is 120 cm³/mol. The third-order valence-electron chi connectivity index (χ3n) is 5.99. The maximum Gasteiger partial charge on any atom is 0.251 e. The second kappa shape index (κ2) is 9.78. The monoisotopic (exact) mass is 433 g/mol. The molecule has 4 rings (SSSR count). The zero-order valence-electron chi connectivity index (χ0n) is 18.0. The highest BCUT2D eigenvalue weighted by Gasteiger charge is 2.30. The summed E-state index contributed by atoms with van der Waals surface area (Å²) in [5.74, 6) is 0.120. The number of rotatable bonds is 7. The molecule has 1 saturated carbocycles. The molecule has 0 spiro atoms. The van der Waals surface area contributed by atoms with Gasteiger partial charge >= 0.3 is 0 Å². The van der Waals surface area contributed by atoms with Crippen LogP contribution < -0.4 is 15.5 Å². The fourth-order valence-electron chi connectivity index (χ4n) is 4.38. The molecule has 2 atom stereocenters. The van der Waals surface area contributed by atoms with E-state index in [1.54, 1.807) is 29.7 Å². The third kappa shape index (κ3) is 5.06. The molecule has 7 heteroatoms. The number of carbonyl (C=O) groups excluding carboxylic acids is 2. The largest absolute Gasteiger partial charge is 0.489 e. The van der Waals surface area contributed by atoms with Gasteiger partial charge in [-0.05, 0) is 62.1 Å². The van der Waals surface area contributed by atoms with Crippen molar-refractivity contribution >= 4 is 22.7 Å². The number of benzene rings is 2. The zero-order valence-corrected chi connectivity index (χ0v) is 18.0. The van der Waals surface area contributed by atoms with E-state index in [9.17, 15) is 9.59 Å². The number of nitrogens with one attached hydrogen (secondary N) is 2. The molecule has 0 bridgehead atoms. The summed E-state index contributed by atoms with van der Waals surface area (Å²) in [6.45, 7) is 2.38. The number of amides is 2. The molecule has 2 aromatic carbocycles. The molecule has 1 heterocycles. The lowest BCUT2D eigenvalue weighted by atomic mass is 9.99. The highest BCUT2D eigenvalue weighted by molar-refractivity contribution is 5.94. The number of hydroxylamine groups is 1. The highest BCUT2D eigenvalue weighted by atomic mass is 16.5. The van der Waals surface area contributed by atoms with Gasteiger partial charge in [0.2, 0.25) is 5.91 Å². The summed E-state index contributed by atoms with van der Waals surface area (Å²) in [5, 5.41) is 12.8. The van der Waals surface area contributed by atoms with Crippen LogP contribution in [0.2, 0.25) is 0 Å². The minimum absolute atomic E-state index is 0.0346. The van der Waals surface area contributed by atoms with Gasteiger partial charge < -0.3 is 10.1 Å². The number of pyridine rings is 1. The molecule has 166 valence electrons. The van der Waals surface area contributed by atoms with Crippen LogP contribution in [0.25, 0.3) is 10.9 Å². The van der Waals surface area contributed by atoms with E-state index in [4.69, 9.17) is 9.94 Å². The van der Waals surface area contributed by atoms with Crippen LogP contribution in [-0.2, 0) is 11.4 Å². The van der Waals surface area contributed by atoms with Crippen molar-refractivity contribution in [3.63, 3.8) is 0 Å². The number of aromatic nitrogens is 1. The van der Waals surface area contributed by atoms with Crippen LogP contribution in [0.3, 0.4) is 0 Å². The second-order valence-electron chi connectivity index (χ2n) is 8.26. The van der Waals surface area contributed by atoms with Gasteiger partial charge in [0.05, 0.1) is 5.52 Å². The quantitative estimate of drug-likeness (QED) is 0.387.